The summed E-state index contributed by atoms with van der Waals surface area (Å²) in [7, 11) is 0. The van der Waals surface area contributed by atoms with Crippen LogP contribution in [0.2, 0.25) is 0 Å². The normalized spacial score (nSPS) is 28.8. The number of rotatable bonds is 19. The van der Waals surface area contributed by atoms with Gasteiger partial charge in [-0.1, -0.05) is 95.8 Å². The standard InChI is InChI=1S/C27H36O8.C21H28O7.CH4/c1-16(14-31-19(4)28)13-23-27(32-15-21-9-7-6-8-10-21)18(3)25(34-23)17(2)26-22(30)11-12-24(35-26)33-20(5)29;1-13-20(27-12-14-6-3-2-4-7-14)17(10-15(23)11-22)28-21(13)19(25)18(24)16-8-5-9-26-16;/h6-12,16-18,23-27H,13-15H2,1-5H3;2-9,13,15,17-25H,10-12H2,1H3;1H4/t16-,17+,18+,23-,24?,25+,26-,27-;13-,15?,17-,18+,19-,20-,21-;/m11./s1. The molecule has 6 rings (SSSR count). The Morgan fingerprint density at radius 1 is 0.750 bits per heavy atom. The molecule has 3 aromatic rings. The molecule has 3 aliphatic rings. The Bertz CT molecular complexity index is 1860. The highest BCUT2D eigenvalue weighted by molar-refractivity contribution is 5.94. The van der Waals surface area contributed by atoms with Crippen molar-refractivity contribution in [1.82, 2.24) is 0 Å². The van der Waals surface area contributed by atoms with Gasteiger partial charge in [-0.2, -0.15) is 0 Å². The van der Waals surface area contributed by atoms with Gasteiger partial charge in [0.05, 0.1) is 75.4 Å². The molecule has 0 radical (unpaired) electrons. The molecule has 0 bridgehead atoms. The molecular formula is C49H68O15. The van der Waals surface area contributed by atoms with Crippen LogP contribution in [-0.2, 0) is 60.8 Å². The van der Waals surface area contributed by atoms with E-state index in [4.69, 9.17) is 37.6 Å². The highest BCUT2D eigenvalue weighted by Gasteiger charge is 2.50. The van der Waals surface area contributed by atoms with E-state index in [0.29, 0.717) is 26.2 Å². The molecule has 15 atom stereocenters. The predicted octanol–water partition coefficient (Wildman–Crippen LogP) is 5.66. The second kappa shape index (κ2) is 25.4. The minimum atomic E-state index is -1.24. The van der Waals surface area contributed by atoms with Gasteiger partial charge in [0.2, 0.25) is 6.29 Å². The van der Waals surface area contributed by atoms with E-state index >= 15 is 0 Å². The zero-order chi connectivity index (χ0) is 45.6. The number of ketones is 1. The van der Waals surface area contributed by atoms with Gasteiger partial charge in [-0.3, -0.25) is 14.4 Å². The smallest absolute Gasteiger partial charge is 0.305 e. The van der Waals surface area contributed by atoms with Crippen molar-refractivity contribution in [2.75, 3.05) is 13.2 Å². The van der Waals surface area contributed by atoms with Gasteiger partial charge in [0.1, 0.15) is 24.1 Å². The molecule has 3 aliphatic heterocycles. The molecular weight excluding hydrogens is 829 g/mol. The number of carbonyl (C=O) groups excluding carboxylic acids is 3. The Morgan fingerprint density at radius 3 is 1.84 bits per heavy atom. The summed E-state index contributed by atoms with van der Waals surface area (Å²) in [6.45, 7) is 11.2. The monoisotopic (exact) mass is 896 g/mol. The maximum atomic E-state index is 12.6. The predicted molar refractivity (Wildman–Crippen MR) is 234 cm³/mol. The van der Waals surface area contributed by atoms with Crippen molar-refractivity contribution in [2.45, 2.75) is 142 Å². The molecule has 15 heteroatoms. The first kappa shape index (κ1) is 52.3. The topological polar surface area (TPSA) is 210 Å². The third-order valence-electron chi connectivity index (χ3n) is 11.7. The first-order chi connectivity index (χ1) is 30.2. The Hall–Kier alpha value is -4.29. The van der Waals surface area contributed by atoms with Crippen molar-refractivity contribution < 1.29 is 72.4 Å². The molecule has 0 spiro atoms. The van der Waals surface area contributed by atoms with E-state index in [1.165, 1.54) is 32.3 Å². The number of hydrogen-bond donors (Lipinski definition) is 4. The Balaban J connectivity index is 0.000000283. The molecule has 354 valence electrons. The Labute approximate surface area is 376 Å². The lowest BCUT2D eigenvalue weighted by molar-refractivity contribution is -0.189. The van der Waals surface area contributed by atoms with E-state index < -0.39 is 55.0 Å². The molecule has 0 saturated carbocycles. The molecule has 2 fully saturated rings. The lowest BCUT2D eigenvalue weighted by atomic mass is 9.84. The summed E-state index contributed by atoms with van der Waals surface area (Å²) in [4.78, 5) is 35.2. The summed E-state index contributed by atoms with van der Waals surface area (Å²) in [5.74, 6) is -1.26. The highest BCUT2D eigenvalue weighted by Crippen LogP contribution is 2.40. The fourth-order valence-corrected chi connectivity index (χ4v) is 8.47. The van der Waals surface area contributed by atoms with Gasteiger partial charge in [0, 0.05) is 38.0 Å². The zero-order valence-corrected chi connectivity index (χ0v) is 36.8. The van der Waals surface area contributed by atoms with Crippen LogP contribution in [0.4, 0.5) is 0 Å². The minimum absolute atomic E-state index is 0. The molecule has 0 amide bonds. The lowest BCUT2D eigenvalue weighted by Crippen LogP contribution is -2.44. The van der Waals surface area contributed by atoms with E-state index in [2.05, 4.69) is 6.92 Å². The number of aliphatic hydroxyl groups excluding tert-OH is 4. The molecule has 4 heterocycles. The van der Waals surface area contributed by atoms with Crippen molar-refractivity contribution in [3.8, 4) is 0 Å². The number of carbonyl (C=O) groups is 3. The summed E-state index contributed by atoms with van der Waals surface area (Å²) < 4.78 is 46.2. The second-order valence-corrected chi connectivity index (χ2v) is 16.8. The van der Waals surface area contributed by atoms with E-state index in [1.807, 2.05) is 81.4 Å². The Morgan fingerprint density at radius 2 is 1.31 bits per heavy atom. The fraction of sp³-hybridized carbons (Fsp3) is 0.571. The third kappa shape index (κ3) is 14.6. The first-order valence-corrected chi connectivity index (χ1v) is 21.6. The number of benzene rings is 2. The van der Waals surface area contributed by atoms with Crippen LogP contribution in [0.5, 0.6) is 0 Å². The molecule has 2 unspecified atom stereocenters. The van der Waals surface area contributed by atoms with Gasteiger partial charge in [0.15, 0.2) is 5.78 Å². The average Bonchev–Trinajstić information content (AvgIpc) is 4.00. The van der Waals surface area contributed by atoms with Gasteiger partial charge >= 0.3 is 11.9 Å². The highest BCUT2D eigenvalue weighted by atomic mass is 16.7. The van der Waals surface area contributed by atoms with E-state index in [-0.39, 0.29) is 80.0 Å². The molecule has 2 aromatic carbocycles. The van der Waals surface area contributed by atoms with Gasteiger partial charge in [-0.15, -0.1) is 0 Å². The van der Waals surface area contributed by atoms with Gasteiger partial charge in [-0.25, -0.2) is 0 Å². The van der Waals surface area contributed by atoms with Crippen LogP contribution >= 0.6 is 0 Å². The lowest BCUT2D eigenvalue weighted by Gasteiger charge is -2.33. The van der Waals surface area contributed by atoms with Crippen LogP contribution < -0.4 is 0 Å². The Kier molecular flexibility index (Phi) is 20.8. The average molecular weight is 897 g/mol. The van der Waals surface area contributed by atoms with Crippen LogP contribution in [0.15, 0.2) is 95.6 Å². The van der Waals surface area contributed by atoms with Gasteiger partial charge < -0.3 is 58.0 Å². The van der Waals surface area contributed by atoms with Gasteiger partial charge in [-0.05, 0) is 47.8 Å². The van der Waals surface area contributed by atoms with Crippen molar-refractivity contribution in [1.29, 1.82) is 0 Å². The van der Waals surface area contributed by atoms with Crippen molar-refractivity contribution in [3.63, 3.8) is 0 Å². The largest absolute Gasteiger partial charge is 0.466 e. The quantitative estimate of drug-likeness (QED) is 0.107. The minimum Gasteiger partial charge on any atom is -0.466 e. The molecule has 0 aliphatic carbocycles. The van der Waals surface area contributed by atoms with Crippen LogP contribution in [0, 0.1) is 23.7 Å². The molecule has 15 nitrogen and oxygen atoms in total. The van der Waals surface area contributed by atoms with E-state index in [0.717, 1.165) is 11.1 Å². The first-order valence-electron chi connectivity index (χ1n) is 21.6. The van der Waals surface area contributed by atoms with Gasteiger partial charge in [0.25, 0.3) is 0 Å². The van der Waals surface area contributed by atoms with Crippen molar-refractivity contribution in [3.05, 3.63) is 108 Å². The van der Waals surface area contributed by atoms with Crippen LogP contribution in [0.1, 0.15) is 84.8 Å². The van der Waals surface area contributed by atoms with Crippen molar-refractivity contribution >= 4 is 17.7 Å². The van der Waals surface area contributed by atoms with E-state index in [9.17, 15) is 34.8 Å². The summed E-state index contributed by atoms with van der Waals surface area (Å²) in [6.07, 6.45) is -2.48. The summed E-state index contributed by atoms with van der Waals surface area (Å²) in [5, 5.41) is 40.2. The maximum Gasteiger partial charge on any atom is 0.305 e. The van der Waals surface area contributed by atoms with Crippen LogP contribution in [-0.4, -0.2) is 113 Å². The summed E-state index contributed by atoms with van der Waals surface area (Å²) in [5.41, 5.74) is 2.05. The zero-order valence-electron chi connectivity index (χ0n) is 36.8. The number of ether oxygens (including phenoxy) is 7. The van der Waals surface area contributed by atoms with E-state index in [1.54, 1.807) is 12.1 Å². The maximum absolute atomic E-state index is 12.6. The summed E-state index contributed by atoms with van der Waals surface area (Å²) >= 11 is 0. The molecule has 2 saturated heterocycles. The summed E-state index contributed by atoms with van der Waals surface area (Å²) in [6, 6.07) is 22.8. The van der Waals surface area contributed by atoms with Crippen LogP contribution in [0.3, 0.4) is 0 Å². The SMILES string of the molecule is C.CC(=O)OC[C@H](C)C[C@H]1O[C@@H]([C@H](C)[C@H]2OC(OC(C)=O)C=CC2=O)[C@H](C)[C@H]1OCc1ccccc1.C[C@H]1[C@H]([C@H](O)[C@@H](O)c2ccco2)O[C@H](CC(O)CO)[C@@H]1OCc1ccccc1. The second-order valence-electron chi connectivity index (χ2n) is 16.8. The molecule has 4 N–H and O–H groups in total. The number of furan rings is 1. The number of aliphatic hydroxyl groups is 4. The third-order valence-corrected chi connectivity index (χ3v) is 11.7. The molecule has 64 heavy (non-hydrogen) atoms. The molecule has 1 aromatic heterocycles. The van der Waals surface area contributed by atoms with Crippen LogP contribution in [0.25, 0.3) is 0 Å². The fourth-order valence-electron chi connectivity index (χ4n) is 8.47. The number of esters is 2. The van der Waals surface area contributed by atoms with Crippen molar-refractivity contribution in [2.24, 2.45) is 23.7 Å². The number of hydrogen-bond acceptors (Lipinski definition) is 15.